The van der Waals surface area contributed by atoms with Gasteiger partial charge in [0.1, 0.15) is 0 Å². The average molecular weight is 350 g/mol. The topological polar surface area (TPSA) is 66.5 Å². The molecular formula is C18H26N2O3S. The Labute approximate surface area is 144 Å². The molecule has 1 aromatic carbocycles. The van der Waals surface area contributed by atoms with Crippen LogP contribution in [-0.2, 0) is 14.8 Å². The van der Waals surface area contributed by atoms with Crippen LogP contribution >= 0.6 is 0 Å². The van der Waals surface area contributed by atoms with Crippen molar-refractivity contribution in [1.82, 2.24) is 9.62 Å². The van der Waals surface area contributed by atoms with E-state index in [-0.39, 0.29) is 24.4 Å². The predicted octanol–water partition coefficient (Wildman–Crippen LogP) is 2.54. The number of carbonyl (C=O) groups excluding carboxylic acids is 1. The van der Waals surface area contributed by atoms with E-state index in [0.29, 0.717) is 11.4 Å². The summed E-state index contributed by atoms with van der Waals surface area (Å²) in [7, 11) is -3.51. The molecule has 1 aliphatic carbocycles. The Kier molecular flexibility index (Phi) is 5.56. The van der Waals surface area contributed by atoms with Crippen LogP contribution in [0, 0.1) is 5.92 Å². The molecular weight excluding hydrogens is 324 g/mol. The van der Waals surface area contributed by atoms with E-state index in [2.05, 4.69) is 5.32 Å². The molecule has 1 saturated heterocycles. The molecule has 24 heavy (non-hydrogen) atoms. The molecule has 0 aromatic heterocycles. The summed E-state index contributed by atoms with van der Waals surface area (Å²) in [5, 5.41) is 3.14. The number of rotatable bonds is 4. The van der Waals surface area contributed by atoms with E-state index in [1.54, 1.807) is 30.3 Å². The first-order valence-corrected chi connectivity index (χ1v) is 10.4. The molecule has 1 atom stereocenters. The smallest absolute Gasteiger partial charge is 0.243 e. The monoisotopic (exact) mass is 350 g/mol. The van der Waals surface area contributed by atoms with Crippen LogP contribution in [0.4, 0.5) is 0 Å². The SMILES string of the molecule is O=C(NC1CCCCC1)C1CCCN(S(=O)(=O)c2ccccc2)C1. The minimum absolute atomic E-state index is 0.0230. The van der Waals surface area contributed by atoms with Gasteiger partial charge >= 0.3 is 0 Å². The zero-order valence-electron chi connectivity index (χ0n) is 14.0. The summed E-state index contributed by atoms with van der Waals surface area (Å²) in [5.74, 6) is -0.214. The summed E-state index contributed by atoms with van der Waals surface area (Å²) in [6.07, 6.45) is 7.18. The van der Waals surface area contributed by atoms with Gasteiger partial charge in [-0.1, -0.05) is 37.5 Å². The molecule has 1 amide bonds. The maximum absolute atomic E-state index is 12.7. The molecule has 5 nitrogen and oxygen atoms in total. The Bertz CT molecular complexity index is 654. The van der Waals surface area contributed by atoms with Crippen molar-refractivity contribution < 1.29 is 13.2 Å². The molecule has 1 heterocycles. The molecule has 6 heteroatoms. The van der Waals surface area contributed by atoms with Crippen LogP contribution in [0.15, 0.2) is 35.2 Å². The van der Waals surface area contributed by atoms with E-state index < -0.39 is 10.0 Å². The lowest BCUT2D eigenvalue weighted by Gasteiger charge is -2.32. The summed E-state index contributed by atoms with van der Waals surface area (Å²) in [6, 6.07) is 8.75. The first-order valence-electron chi connectivity index (χ1n) is 8.93. The number of carbonyl (C=O) groups is 1. The highest BCUT2D eigenvalue weighted by Crippen LogP contribution is 2.25. The third kappa shape index (κ3) is 3.98. The number of amides is 1. The van der Waals surface area contributed by atoms with Crippen molar-refractivity contribution in [3.8, 4) is 0 Å². The van der Waals surface area contributed by atoms with Gasteiger partial charge in [-0.25, -0.2) is 8.42 Å². The van der Waals surface area contributed by atoms with Crippen molar-refractivity contribution in [1.29, 1.82) is 0 Å². The van der Waals surface area contributed by atoms with Gasteiger partial charge in [-0.2, -0.15) is 4.31 Å². The van der Waals surface area contributed by atoms with E-state index in [1.165, 1.54) is 23.6 Å². The molecule has 0 radical (unpaired) electrons. The fourth-order valence-electron chi connectivity index (χ4n) is 3.68. The second kappa shape index (κ2) is 7.66. The van der Waals surface area contributed by atoms with Crippen molar-refractivity contribution >= 4 is 15.9 Å². The molecule has 3 rings (SSSR count). The van der Waals surface area contributed by atoms with E-state index in [1.807, 2.05) is 0 Å². The molecule has 2 fully saturated rings. The molecule has 2 aliphatic rings. The summed E-state index contributed by atoms with van der Waals surface area (Å²) in [4.78, 5) is 12.8. The van der Waals surface area contributed by atoms with Gasteiger partial charge in [-0.15, -0.1) is 0 Å². The van der Waals surface area contributed by atoms with Crippen LogP contribution < -0.4 is 5.32 Å². The maximum Gasteiger partial charge on any atom is 0.243 e. The minimum Gasteiger partial charge on any atom is -0.353 e. The summed E-state index contributed by atoms with van der Waals surface area (Å²) >= 11 is 0. The summed E-state index contributed by atoms with van der Waals surface area (Å²) < 4.78 is 26.9. The Balaban J connectivity index is 1.64. The van der Waals surface area contributed by atoms with Crippen molar-refractivity contribution in [2.75, 3.05) is 13.1 Å². The van der Waals surface area contributed by atoms with Crippen molar-refractivity contribution in [3.63, 3.8) is 0 Å². The molecule has 0 bridgehead atoms. The molecule has 0 spiro atoms. The molecule has 1 aromatic rings. The van der Waals surface area contributed by atoms with Crippen molar-refractivity contribution in [2.24, 2.45) is 5.92 Å². The van der Waals surface area contributed by atoms with Crippen LogP contribution in [0.1, 0.15) is 44.9 Å². The van der Waals surface area contributed by atoms with Gasteiger partial charge in [-0.3, -0.25) is 4.79 Å². The molecule has 1 unspecified atom stereocenters. The van der Waals surface area contributed by atoms with Gasteiger partial charge in [0.05, 0.1) is 10.8 Å². The predicted molar refractivity (Wildman–Crippen MR) is 92.9 cm³/mol. The van der Waals surface area contributed by atoms with Gasteiger partial charge in [-0.05, 0) is 37.8 Å². The molecule has 1 N–H and O–H groups in total. The third-order valence-corrected chi connectivity index (χ3v) is 6.97. The van der Waals surface area contributed by atoms with Crippen LogP contribution in [-0.4, -0.2) is 37.8 Å². The fraction of sp³-hybridized carbons (Fsp3) is 0.611. The maximum atomic E-state index is 12.7. The first-order chi connectivity index (χ1) is 11.6. The van der Waals surface area contributed by atoms with Gasteiger partial charge < -0.3 is 5.32 Å². The van der Waals surface area contributed by atoms with Gasteiger partial charge in [0.25, 0.3) is 0 Å². The van der Waals surface area contributed by atoms with Gasteiger partial charge in [0.2, 0.25) is 15.9 Å². The lowest BCUT2D eigenvalue weighted by atomic mass is 9.93. The van der Waals surface area contributed by atoms with Crippen LogP contribution in [0.5, 0.6) is 0 Å². The number of piperidine rings is 1. The number of benzene rings is 1. The van der Waals surface area contributed by atoms with E-state index >= 15 is 0 Å². The van der Waals surface area contributed by atoms with Crippen LogP contribution in [0.25, 0.3) is 0 Å². The number of nitrogens with one attached hydrogen (secondary N) is 1. The number of sulfonamides is 1. The summed E-state index contributed by atoms with van der Waals surface area (Å²) in [5.41, 5.74) is 0. The minimum atomic E-state index is -3.51. The second-order valence-corrected chi connectivity index (χ2v) is 8.80. The number of nitrogens with zero attached hydrogens (tertiary/aromatic N) is 1. The van der Waals surface area contributed by atoms with E-state index in [4.69, 9.17) is 0 Å². The largest absolute Gasteiger partial charge is 0.353 e. The quantitative estimate of drug-likeness (QED) is 0.907. The molecule has 1 aliphatic heterocycles. The van der Waals surface area contributed by atoms with Gasteiger partial charge in [0, 0.05) is 19.1 Å². The second-order valence-electron chi connectivity index (χ2n) is 6.86. The van der Waals surface area contributed by atoms with E-state index in [9.17, 15) is 13.2 Å². The van der Waals surface area contributed by atoms with Crippen molar-refractivity contribution in [3.05, 3.63) is 30.3 Å². The van der Waals surface area contributed by atoms with Crippen molar-refractivity contribution in [2.45, 2.75) is 55.9 Å². The average Bonchev–Trinajstić information content (AvgIpc) is 2.63. The Hall–Kier alpha value is -1.40. The number of hydrogen-bond acceptors (Lipinski definition) is 3. The van der Waals surface area contributed by atoms with E-state index in [0.717, 1.165) is 25.7 Å². The lowest BCUT2D eigenvalue weighted by molar-refractivity contribution is -0.127. The highest BCUT2D eigenvalue weighted by Gasteiger charge is 2.33. The van der Waals surface area contributed by atoms with Crippen LogP contribution in [0.2, 0.25) is 0 Å². The number of hydrogen-bond donors (Lipinski definition) is 1. The van der Waals surface area contributed by atoms with Crippen LogP contribution in [0.3, 0.4) is 0 Å². The summed E-state index contributed by atoms with van der Waals surface area (Å²) in [6.45, 7) is 0.778. The Morgan fingerprint density at radius 3 is 2.42 bits per heavy atom. The highest BCUT2D eigenvalue weighted by molar-refractivity contribution is 7.89. The standard InChI is InChI=1S/C18H26N2O3S/c21-18(19-16-9-3-1-4-10-16)15-8-7-13-20(14-15)24(22,23)17-11-5-2-6-12-17/h2,5-6,11-12,15-16H,1,3-4,7-10,13-14H2,(H,19,21). The highest BCUT2D eigenvalue weighted by atomic mass is 32.2. The fourth-order valence-corrected chi connectivity index (χ4v) is 5.23. The zero-order valence-corrected chi connectivity index (χ0v) is 14.8. The Morgan fingerprint density at radius 1 is 1.00 bits per heavy atom. The third-order valence-electron chi connectivity index (χ3n) is 5.09. The zero-order chi connectivity index (χ0) is 17.0. The lowest BCUT2D eigenvalue weighted by Crippen LogP contribution is -2.47. The first kappa shape index (κ1) is 17.4. The Morgan fingerprint density at radius 2 is 1.71 bits per heavy atom. The normalized spacial score (nSPS) is 23.8. The van der Waals surface area contributed by atoms with Gasteiger partial charge in [0.15, 0.2) is 0 Å². The molecule has 1 saturated carbocycles. The molecule has 132 valence electrons.